The van der Waals surface area contributed by atoms with Crippen LogP contribution in [0.1, 0.15) is 21.0 Å². The van der Waals surface area contributed by atoms with Crippen LogP contribution in [0.3, 0.4) is 0 Å². The number of hydrogen-bond donors (Lipinski definition) is 2. The number of carboxylic acid groups (broad SMARTS) is 2. The van der Waals surface area contributed by atoms with E-state index in [0.29, 0.717) is 11.0 Å². The predicted molar refractivity (Wildman–Crippen MR) is 128 cm³/mol. The van der Waals surface area contributed by atoms with E-state index in [0.717, 1.165) is 32.6 Å². The second kappa shape index (κ2) is 9.87. The average molecular weight is 514 g/mol. The van der Waals surface area contributed by atoms with Crippen LogP contribution in [0.15, 0.2) is 85.2 Å². The van der Waals surface area contributed by atoms with Crippen LogP contribution in [-0.2, 0) is 19.5 Å². The number of carbonyl (C=O) groups is 2. The number of aromatic nitrogens is 4. The normalized spacial score (nSPS) is 10.5. The zero-order chi connectivity index (χ0) is 23.7. The monoisotopic (exact) mass is 512 g/mol. The summed E-state index contributed by atoms with van der Waals surface area (Å²) in [6, 6.07) is 21.8. The van der Waals surface area contributed by atoms with E-state index in [2.05, 4.69) is 19.9 Å². The Bertz CT molecular complexity index is 1610. The maximum atomic E-state index is 10.9. The second-order valence-electron chi connectivity index (χ2n) is 7.43. The number of nitrogens with zero attached hydrogens (tertiary/aromatic N) is 4. The van der Waals surface area contributed by atoms with Gasteiger partial charge in [-0.05, 0) is 24.3 Å². The van der Waals surface area contributed by atoms with Crippen molar-refractivity contribution < 1.29 is 39.3 Å². The predicted octanol–water partition coefficient (Wildman–Crippen LogP) is 4.96. The molecule has 0 bridgehead atoms. The molecule has 0 aliphatic carbocycles. The second-order valence-corrected chi connectivity index (χ2v) is 7.43. The molecule has 6 aromatic rings. The fourth-order valence-electron chi connectivity index (χ4n) is 3.69. The van der Waals surface area contributed by atoms with Crippen LogP contribution in [0.2, 0.25) is 0 Å². The molecule has 2 N–H and O–H groups in total. The van der Waals surface area contributed by atoms with E-state index in [1.165, 1.54) is 12.1 Å². The van der Waals surface area contributed by atoms with Gasteiger partial charge in [0.2, 0.25) is 0 Å². The Balaban J connectivity index is 0.000000160. The van der Waals surface area contributed by atoms with E-state index >= 15 is 0 Å². The van der Waals surface area contributed by atoms with Gasteiger partial charge in [-0.2, -0.15) is 0 Å². The summed E-state index contributed by atoms with van der Waals surface area (Å²) in [7, 11) is 0. The number of fused-ring (bicyclic) bond motifs is 6. The van der Waals surface area contributed by atoms with Crippen molar-refractivity contribution in [1.29, 1.82) is 0 Å². The van der Waals surface area contributed by atoms with Gasteiger partial charge in [-0.1, -0.05) is 48.5 Å². The van der Waals surface area contributed by atoms with Crippen molar-refractivity contribution >= 4 is 55.6 Å². The van der Waals surface area contributed by atoms with Gasteiger partial charge in [-0.3, -0.25) is 9.97 Å². The molecule has 6 rings (SSSR count). The molecule has 9 heteroatoms. The Labute approximate surface area is 211 Å². The van der Waals surface area contributed by atoms with Gasteiger partial charge in [0, 0.05) is 53.4 Å². The first-order valence-electron chi connectivity index (χ1n) is 10.3. The molecule has 0 saturated heterocycles. The molecule has 4 heterocycles. The van der Waals surface area contributed by atoms with Crippen LogP contribution in [-0.4, -0.2) is 42.1 Å². The Morgan fingerprint density at radius 2 is 0.857 bits per heavy atom. The standard InChI is InChI=1S/2C13H8N2O2.Zn/c2*16-13(17)10-6-5-9-4-3-8-2-1-7-14-11(8)12(9)15-10;/h2*1-7H,(H,16,17);. The maximum Gasteiger partial charge on any atom is 0.354 e. The topological polar surface area (TPSA) is 126 Å². The molecular weight excluding hydrogens is 498 g/mol. The summed E-state index contributed by atoms with van der Waals surface area (Å²) in [6.45, 7) is 0. The van der Waals surface area contributed by atoms with Crippen molar-refractivity contribution in [3.05, 3.63) is 96.6 Å². The number of hydrogen-bond acceptors (Lipinski definition) is 6. The molecule has 0 atom stereocenters. The number of rotatable bonds is 2. The van der Waals surface area contributed by atoms with E-state index in [1.807, 2.05) is 48.5 Å². The zero-order valence-electron chi connectivity index (χ0n) is 18.3. The van der Waals surface area contributed by atoms with Gasteiger partial charge >= 0.3 is 11.9 Å². The third kappa shape index (κ3) is 4.67. The number of carboxylic acids is 2. The third-order valence-electron chi connectivity index (χ3n) is 5.30. The molecule has 8 nitrogen and oxygen atoms in total. The van der Waals surface area contributed by atoms with Gasteiger partial charge in [0.1, 0.15) is 11.4 Å². The smallest absolute Gasteiger partial charge is 0.354 e. The van der Waals surface area contributed by atoms with Gasteiger partial charge in [0.05, 0.1) is 22.1 Å². The summed E-state index contributed by atoms with van der Waals surface area (Å²) in [5.74, 6) is -2.06. The van der Waals surface area contributed by atoms with Crippen molar-refractivity contribution in [2.24, 2.45) is 0 Å². The van der Waals surface area contributed by atoms with Crippen LogP contribution in [0.25, 0.3) is 43.6 Å². The first-order valence-corrected chi connectivity index (χ1v) is 10.3. The summed E-state index contributed by atoms with van der Waals surface area (Å²) in [4.78, 5) is 38.6. The van der Waals surface area contributed by atoms with Crippen molar-refractivity contribution in [2.45, 2.75) is 0 Å². The van der Waals surface area contributed by atoms with Crippen LogP contribution in [0.4, 0.5) is 0 Å². The van der Waals surface area contributed by atoms with E-state index in [1.54, 1.807) is 24.5 Å². The van der Waals surface area contributed by atoms with Crippen LogP contribution >= 0.6 is 0 Å². The minimum Gasteiger partial charge on any atom is -0.477 e. The molecule has 0 radical (unpaired) electrons. The van der Waals surface area contributed by atoms with Gasteiger partial charge in [0.15, 0.2) is 0 Å². The van der Waals surface area contributed by atoms with E-state index in [9.17, 15) is 9.59 Å². The molecule has 0 fully saturated rings. The maximum absolute atomic E-state index is 10.9. The Kier molecular flexibility index (Phi) is 6.71. The molecule has 0 unspecified atom stereocenters. The molecule has 0 spiro atoms. The van der Waals surface area contributed by atoms with Gasteiger partial charge < -0.3 is 10.2 Å². The van der Waals surface area contributed by atoms with E-state index in [-0.39, 0.29) is 30.9 Å². The quantitative estimate of drug-likeness (QED) is 0.246. The fraction of sp³-hybridized carbons (Fsp3) is 0. The Morgan fingerprint density at radius 1 is 0.514 bits per heavy atom. The minimum atomic E-state index is -1.03. The molecule has 35 heavy (non-hydrogen) atoms. The molecular formula is C26H16N4O4Zn. The molecule has 0 amide bonds. The molecule has 166 valence electrons. The third-order valence-corrected chi connectivity index (χ3v) is 5.30. The van der Waals surface area contributed by atoms with Crippen molar-refractivity contribution in [3.63, 3.8) is 0 Å². The summed E-state index contributed by atoms with van der Waals surface area (Å²) < 4.78 is 0. The van der Waals surface area contributed by atoms with Crippen molar-refractivity contribution in [2.75, 3.05) is 0 Å². The first-order chi connectivity index (χ1) is 16.5. The summed E-state index contributed by atoms with van der Waals surface area (Å²) in [6.07, 6.45) is 3.35. The first kappa shape index (κ1) is 23.8. The number of aromatic carboxylic acids is 2. The summed E-state index contributed by atoms with van der Waals surface area (Å²) in [5.41, 5.74) is 2.79. The van der Waals surface area contributed by atoms with Crippen LogP contribution < -0.4 is 0 Å². The molecule has 4 aromatic heterocycles. The molecule has 0 aliphatic heterocycles. The zero-order valence-corrected chi connectivity index (χ0v) is 21.3. The molecule has 0 saturated carbocycles. The van der Waals surface area contributed by atoms with Crippen molar-refractivity contribution in [1.82, 2.24) is 19.9 Å². The van der Waals surface area contributed by atoms with Gasteiger partial charge in [-0.15, -0.1) is 0 Å². The Hall–Kier alpha value is -4.36. The van der Waals surface area contributed by atoms with E-state index < -0.39 is 11.9 Å². The summed E-state index contributed by atoms with van der Waals surface area (Å²) >= 11 is 0. The summed E-state index contributed by atoms with van der Waals surface area (Å²) in [5, 5.41) is 21.6. The minimum absolute atomic E-state index is 0. The number of benzene rings is 2. The van der Waals surface area contributed by atoms with Gasteiger partial charge in [-0.25, -0.2) is 19.6 Å². The van der Waals surface area contributed by atoms with Crippen LogP contribution in [0.5, 0.6) is 0 Å². The average Bonchev–Trinajstić information content (AvgIpc) is 2.88. The molecule has 0 aliphatic rings. The van der Waals surface area contributed by atoms with Crippen molar-refractivity contribution in [3.8, 4) is 0 Å². The fourth-order valence-corrected chi connectivity index (χ4v) is 3.69. The van der Waals surface area contributed by atoms with E-state index in [4.69, 9.17) is 10.2 Å². The Morgan fingerprint density at radius 3 is 1.23 bits per heavy atom. The SMILES string of the molecule is O=C(O)c1ccc2ccc3cccnc3c2n1.O=C(O)c1ccc2ccc3cccnc3c2n1.[Zn]. The van der Waals surface area contributed by atoms with Gasteiger partial charge in [0.25, 0.3) is 0 Å². The number of pyridine rings is 4. The largest absolute Gasteiger partial charge is 0.477 e. The van der Waals surface area contributed by atoms with Crippen LogP contribution in [0, 0.1) is 0 Å². The molecule has 2 aromatic carbocycles.